The molecular formula is C21H22BrN3O5S. The Labute approximate surface area is 189 Å². The molecule has 10 heteroatoms. The normalized spacial score (nSPS) is 15.4. The van der Waals surface area contributed by atoms with Gasteiger partial charge in [-0.05, 0) is 77.3 Å². The zero-order valence-electron chi connectivity index (χ0n) is 17.3. The molecule has 1 amide bonds. The number of carbonyl (C=O) groups excluding carboxylic acids is 1. The molecule has 0 radical (unpaired) electrons. The van der Waals surface area contributed by atoms with E-state index in [9.17, 15) is 13.2 Å². The van der Waals surface area contributed by atoms with Crippen molar-refractivity contribution in [3.63, 3.8) is 0 Å². The van der Waals surface area contributed by atoms with Crippen molar-refractivity contribution in [3.05, 3.63) is 52.0 Å². The van der Waals surface area contributed by atoms with Crippen LogP contribution in [0.25, 0.3) is 6.08 Å². The Balaban J connectivity index is 1.92. The molecule has 2 aromatic rings. The third kappa shape index (κ3) is 4.97. The van der Waals surface area contributed by atoms with Crippen molar-refractivity contribution in [3.8, 4) is 11.5 Å². The van der Waals surface area contributed by atoms with Crippen LogP contribution in [0.5, 0.6) is 11.5 Å². The molecule has 1 aliphatic heterocycles. The Hall–Kier alpha value is -2.69. The molecule has 0 fully saturated rings. The second-order valence-electron chi connectivity index (χ2n) is 6.78. The summed E-state index contributed by atoms with van der Waals surface area (Å²) in [6.45, 7) is 4.30. The fourth-order valence-electron chi connectivity index (χ4n) is 2.97. The van der Waals surface area contributed by atoms with E-state index in [0.29, 0.717) is 39.6 Å². The Morgan fingerprint density at radius 1 is 1.23 bits per heavy atom. The van der Waals surface area contributed by atoms with Gasteiger partial charge in [0.2, 0.25) is 10.0 Å². The number of anilines is 1. The SMILES string of the molecule is CCCOc1c(Br)cc(/C=C2\C(=O)N(c3ccc(S(N)(=O)=O)cc3)N=C2C)cc1OC. The zero-order chi connectivity index (χ0) is 22.8. The first-order chi connectivity index (χ1) is 14.7. The third-order valence-electron chi connectivity index (χ3n) is 4.49. The average Bonchev–Trinajstić information content (AvgIpc) is 3.00. The lowest BCUT2D eigenvalue weighted by atomic mass is 10.1. The smallest absolute Gasteiger partial charge is 0.280 e. The monoisotopic (exact) mass is 507 g/mol. The van der Waals surface area contributed by atoms with E-state index in [1.54, 1.807) is 26.2 Å². The van der Waals surface area contributed by atoms with Gasteiger partial charge in [-0.1, -0.05) is 6.92 Å². The summed E-state index contributed by atoms with van der Waals surface area (Å²) in [5.74, 6) is 0.818. The molecule has 1 heterocycles. The van der Waals surface area contributed by atoms with Gasteiger partial charge in [-0.3, -0.25) is 4.79 Å². The Bertz CT molecular complexity index is 1170. The molecule has 0 bridgehead atoms. The molecule has 0 atom stereocenters. The van der Waals surface area contributed by atoms with Crippen LogP contribution in [0, 0.1) is 0 Å². The molecule has 31 heavy (non-hydrogen) atoms. The number of rotatable bonds is 7. The van der Waals surface area contributed by atoms with Gasteiger partial charge in [0, 0.05) is 0 Å². The van der Waals surface area contributed by atoms with Crippen LogP contribution in [0.4, 0.5) is 5.69 Å². The summed E-state index contributed by atoms with van der Waals surface area (Å²) in [5.41, 5.74) is 2.10. The highest BCUT2D eigenvalue weighted by Gasteiger charge is 2.29. The van der Waals surface area contributed by atoms with Gasteiger partial charge in [0.1, 0.15) is 0 Å². The van der Waals surface area contributed by atoms with E-state index < -0.39 is 10.0 Å². The minimum Gasteiger partial charge on any atom is -0.493 e. The molecule has 0 saturated heterocycles. The first-order valence-electron chi connectivity index (χ1n) is 9.40. The molecule has 2 N–H and O–H groups in total. The van der Waals surface area contributed by atoms with E-state index in [-0.39, 0.29) is 10.8 Å². The second-order valence-corrected chi connectivity index (χ2v) is 9.20. The Kier molecular flexibility index (Phi) is 6.83. The number of hydrogen-bond acceptors (Lipinski definition) is 6. The highest BCUT2D eigenvalue weighted by atomic mass is 79.9. The van der Waals surface area contributed by atoms with Gasteiger partial charge in [-0.15, -0.1) is 0 Å². The van der Waals surface area contributed by atoms with Gasteiger partial charge in [0.15, 0.2) is 11.5 Å². The molecule has 0 saturated carbocycles. The summed E-state index contributed by atoms with van der Waals surface area (Å²) >= 11 is 3.50. The van der Waals surface area contributed by atoms with Gasteiger partial charge < -0.3 is 9.47 Å². The Morgan fingerprint density at radius 2 is 1.90 bits per heavy atom. The highest BCUT2D eigenvalue weighted by Crippen LogP contribution is 2.38. The van der Waals surface area contributed by atoms with Crippen molar-refractivity contribution in [2.75, 3.05) is 18.7 Å². The number of halogens is 1. The van der Waals surface area contributed by atoms with E-state index in [2.05, 4.69) is 21.0 Å². The largest absolute Gasteiger partial charge is 0.493 e. The molecule has 0 aliphatic carbocycles. The van der Waals surface area contributed by atoms with Gasteiger partial charge in [0.05, 0.1) is 40.1 Å². The van der Waals surface area contributed by atoms with Crippen molar-refractivity contribution in [2.45, 2.75) is 25.2 Å². The van der Waals surface area contributed by atoms with Gasteiger partial charge in [0.25, 0.3) is 5.91 Å². The number of nitrogens with zero attached hydrogens (tertiary/aromatic N) is 2. The van der Waals surface area contributed by atoms with E-state index >= 15 is 0 Å². The van der Waals surface area contributed by atoms with Crippen molar-refractivity contribution in [1.29, 1.82) is 0 Å². The summed E-state index contributed by atoms with van der Waals surface area (Å²) in [6.07, 6.45) is 2.58. The van der Waals surface area contributed by atoms with E-state index in [0.717, 1.165) is 12.0 Å². The quantitative estimate of drug-likeness (QED) is 0.574. The minimum absolute atomic E-state index is 0.0401. The summed E-state index contributed by atoms with van der Waals surface area (Å²) < 4.78 is 34.8. The molecule has 0 aromatic heterocycles. The molecule has 164 valence electrons. The van der Waals surface area contributed by atoms with Crippen molar-refractivity contribution in [2.24, 2.45) is 10.2 Å². The molecule has 8 nitrogen and oxygen atoms in total. The predicted molar refractivity (Wildman–Crippen MR) is 123 cm³/mol. The number of benzene rings is 2. The average molecular weight is 508 g/mol. The number of hydrogen-bond donors (Lipinski definition) is 1. The van der Waals surface area contributed by atoms with Gasteiger partial charge in [-0.2, -0.15) is 10.1 Å². The van der Waals surface area contributed by atoms with Gasteiger partial charge in [-0.25, -0.2) is 13.6 Å². The number of ether oxygens (including phenoxy) is 2. The van der Waals surface area contributed by atoms with Crippen LogP contribution in [-0.4, -0.2) is 33.8 Å². The van der Waals surface area contributed by atoms with Crippen LogP contribution in [-0.2, 0) is 14.8 Å². The maximum atomic E-state index is 13.0. The van der Waals surface area contributed by atoms with Crippen LogP contribution < -0.4 is 19.6 Å². The number of nitrogens with two attached hydrogens (primary N) is 1. The highest BCUT2D eigenvalue weighted by molar-refractivity contribution is 9.10. The van der Waals surface area contributed by atoms with E-state index in [1.165, 1.54) is 29.3 Å². The number of hydrazone groups is 1. The molecule has 0 spiro atoms. The van der Waals surface area contributed by atoms with Crippen molar-refractivity contribution < 1.29 is 22.7 Å². The number of amides is 1. The number of methoxy groups -OCH3 is 1. The van der Waals surface area contributed by atoms with Crippen LogP contribution in [0.2, 0.25) is 0 Å². The fraction of sp³-hybridized carbons (Fsp3) is 0.238. The third-order valence-corrected chi connectivity index (χ3v) is 6.00. The van der Waals surface area contributed by atoms with Crippen LogP contribution in [0.1, 0.15) is 25.8 Å². The predicted octanol–water partition coefficient (Wildman–Crippen LogP) is 3.70. The number of primary sulfonamides is 1. The molecule has 1 aliphatic rings. The fourth-order valence-corrected chi connectivity index (χ4v) is 4.06. The maximum absolute atomic E-state index is 13.0. The lowest BCUT2D eigenvalue weighted by molar-refractivity contribution is -0.114. The molecule has 2 aromatic carbocycles. The summed E-state index contributed by atoms with van der Waals surface area (Å²) in [6, 6.07) is 9.26. The number of sulfonamides is 1. The first kappa shape index (κ1) is 23.0. The van der Waals surface area contributed by atoms with E-state index in [1.807, 2.05) is 13.0 Å². The van der Waals surface area contributed by atoms with Crippen LogP contribution >= 0.6 is 15.9 Å². The maximum Gasteiger partial charge on any atom is 0.280 e. The van der Waals surface area contributed by atoms with Gasteiger partial charge >= 0.3 is 0 Å². The molecule has 3 rings (SSSR count). The molecule has 0 unspecified atom stereocenters. The summed E-state index contributed by atoms with van der Waals surface area (Å²) in [4.78, 5) is 12.9. The Morgan fingerprint density at radius 3 is 2.48 bits per heavy atom. The molecular weight excluding hydrogens is 486 g/mol. The van der Waals surface area contributed by atoms with Crippen LogP contribution in [0.3, 0.4) is 0 Å². The number of carbonyl (C=O) groups is 1. The standard InChI is InChI=1S/C21H22BrN3O5S/c1-4-9-30-20-18(22)11-14(12-19(20)29-3)10-17-13(2)24-25(21(17)26)15-5-7-16(8-6-15)31(23,27)28/h5-8,10-12H,4,9H2,1-3H3,(H2,23,27,28)/b17-10-. The lowest BCUT2D eigenvalue weighted by Crippen LogP contribution is -2.21. The topological polar surface area (TPSA) is 111 Å². The zero-order valence-corrected chi connectivity index (χ0v) is 19.7. The van der Waals surface area contributed by atoms with Crippen molar-refractivity contribution in [1.82, 2.24) is 0 Å². The lowest BCUT2D eigenvalue weighted by Gasteiger charge is -2.13. The van der Waals surface area contributed by atoms with Crippen molar-refractivity contribution >= 4 is 49.3 Å². The van der Waals surface area contributed by atoms with Crippen LogP contribution in [0.15, 0.2) is 56.4 Å². The summed E-state index contributed by atoms with van der Waals surface area (Å²) in [5, 5.41) is 10.7. The summed E-state index contributed by atoms with van der Waals surface area (Å²) in [7, 11) is -2.26. The first-order valence-corrected chi connectivity index (χ1v) is 11.7. The van der Waals surface area contributed by atoms with E-state index in [4.69, 9.17) is 14.6 Å². The minimum atomic E-state index is -3.82. The second kappa shape index (κ2) is 9.21.